The maximum atomic E-state index is 14.0. The molecule has 0 bridgehead atoms. The van der Waals surface area contributed by atoms with Crippen LogP contribution in [0.15, 0.2) is 0 Å². The molecule has 1 rings (SSSR count). The minimum absolute atomic E-state index is 0.00112. The van der Waals surface area contributed by atoms with Crippen LogP contribution < -0.4 is 27.0 Å². The Labute approximate surface area is 322 Å². The van der Waals surface area contributed by atoms with E-state index >= 15 is 0 Å². The van der Waals surface area contributed by atoms with Gasteiger partial charge in [-0.1, -0.05) is 86.0 Å². The molecule has 54 heavy (non-hydrogen) atoms. The van der Waals surface area contributed by atoms with Gasteiger partial charge in [0.2, 0.25) is 29.5 Å². The van der Waals surface area contributed by atoms with Gasteiger partial charge in [0.25, 0.3) is 0 Å². The Morgan fingerprint density at radius 2 is 1.37 bits per heavy atom. The zero-order chi connectivity index (χ0) is 40.5. The number of esters is 1. The molecule has 6 atom stereocenters. The Balaban J connectivity index is 3.44. The molecule has 0 aromatic rings. The third kappa shape index (κ3) is 18.8. The maximum Gasteiger partial charge on any atom is 0.325 e. The van der Waals surface area contributed by atoms with Crippen LogP contribution in [-0.2, 0) is 43.0 Å². The summed E-state index contributed by atoms with van der Waals surface area (Å²) in [5.74, 6) is -4.96. The van der Waals surface area contributed by atoms with Gasteiger partial charge in [0.1, 0.15) is 36.8 Å². The van der Waals surface area contributed by atoms with Crippen molar-refractivity contribution < 1.29 is 48.1 Å². The molecule has 0 aliphatic carbocycles. The summed E-state index contributed by atoms with van der Waals surface area (Å²) in [4.78, 5) is 82.6. The van der Waals surface area contributed by atoms with E-state index in [0.29, 0.717) is 38.8 Å². The highest BCUT2D eigenvalue weighted by atomic mass is 16.5. The fourth-order valence-corrected chi connectivity index (χ4v) is 6.16. The summed E-state index contributed by atoms with van der Waals surface area (Å²) in [6.45, 7) is 8.66. The van der Waals surface area contributed by atoms with E-state index in [1.54, 1.807) is 6.92 Å². The number of nitrogens with two attached hydrogens (primary N) is 1. The number of aliphatic hydroxyl groups is 1. The highest BCUT2D eigenvalue weighted by molar-refractivity contribution is 5.96. The van der Waals surface area contributed by atoms with Gasteiger partial charge in [0.15, 0.2) is 0 Å². The van der Waals surface area contributed by atoms with Crippen LogP contribution in [0.4, 0.5) is 0 Å². The zero-order valence-electron chi connectivity index (χ0n) is 33.6. The minimum atomic E-state index is -1.49. The summed E-state index contributed by atoms with van der Waals surface area (Å²) in [5.41, 5.74) is 5.43. The summed E-state index contributed by atoms with van der Waals surface area (Å²) >= 11 is 0. The van der Waals surface area contributed by atoms with E-state index in [9.17, 15) is 33.9 Å². The molecule has 0 saturated carbocycles. The van der Waals surface area contributed by atoms with Gasteiger partial charge in [-0.2, -0.15) is 0 Å². The third-order valence-corrected chi connectivity index (χ3v) is 9.37. The Morgan fingerprint density at radius 3 is 1.98 bits per heavy atom. The van der Waals surface area contributed by atoms with E-state index in [2.05, 4.69) is 28.2 Å². The molecule has 16 heteroatoms. The van der Waals surface area contributed by atoms with Crippen molar-refractivity contribution in [1.82, 2.24) is 26.2 Å². The lowest BCUT2D eigenvalue weighted by atomic mass is 9.94. The Kier molecular flexibility index (Phi) is 25.4. The largest absolute Gasteiger partial charge is 0.460 e. The number of cyclic esters (lactones) is 1. The normalized spacial score (nSPS) is 24.2. The number of carbonyl (C=O) groups is 6. The summed E-state index contributed by atoms with van der Waals surface area (Å²) in [6, 6.07) is -4.87. The molecule has 1 aliphatic heterocycles. The van der Waals surface area contributed by atoms with Crippen LogP contribution in [0.1, 0.15) is 112 Å². The Morgan fingerprint density at radius 1 is 0.778 bits per heavy atom. The number of carbonyl (C=O) groups excluding carboxylic acids is 6. The van der Waals surface area contributed by atoms with Crippen molar-refractivity contribution in [2.45, 2.75) is 142 Å². The second-order valence-corrected chi connectivity index (χ2v) is 14.5. The van der Waals surface area contributed by atoms with E-state index in [0.717, 1.165) is 25.7 Å². The first-order valence-corrected chi connectivity index (χ1v) is 19.9. The predicted molar refractivity (Wildman–Crippen MR) is 204 cm³/mol. The van der Waals surface area contributed by atoms with Crippen LogP contribution in [-0.4, -0.2) is 129 Å². The first-order chi connectivity index (χ1) is 25.8. The molecule has 1 saturated heterocycles. The van der Waals surface area contributed by atoms with E-state index in [1.165, 1.54) is 31.2 Å². The maximum absolute atomic E-state index is 14.0. The molecule has 0 aromatic heterocycles. The number of amides is 5. The predicted octanol–water partition coefficient (Wildman–Crippen LogP) is 1.31. The van der Waals surface area contributed by atoms with Gasteiger partial charge < -0.3 is 51.2 Å². The quantitative estimate of drug-likeness (QED) is 0.0721. The van der Waals surface area contributed by atoms with E-state index in [4.69, 9.17) is 19.9 Å². The van der Waals surface area contributed by atoms with Gasteiger partial charge in [-0.05, 0) is 31.6 Å². The first kappa shape index (κ1) is 48.7. The molecule has 16 nitrogen and oxygen atoms in total. The number of likely N-dealkylation sites (N-methyl/N-ethyl adjacent to an activating group) is 1. The van der Waals surface area contributed by atoms with E-state index in [1.807, 2.05) is 20.8 Å². The van der Waals surface area contributed by atoms with Gasteiger partial charge in [0, 0.05) is 13.6 Å². The van der Waals surface area contributed by atoms with Gasteiger partial charge in [0.05, 0.1) is 39.0 Å². The lowest BCUT2D eigenvalue weighted by Crippen LogP contribution is -2.60. The number of hydrogen-bond acceptors (Lipinski definition) is 11. The van der Waals surface area contributed by atoms with Crippen molar-refractivity contribution >= 4 is 35.5 Å². The number of hydrogen-bond donors (Lipinski definition) is 6. The highest BCUT2D eigenvalue weighted by Crippen LogP contribution is 2.22. The van der Waals surface area contributed by atoms with Gasteiger partial charge in [-0.15, -0.1) is 0 Å². The zero-order valence-corrected chi connectivity index (χ0v) is 33.6. The van der Waals surface area contributed by atoms with E-state index in [-0.39, 0.29) is 32.2 Å². The molecule has 0 spiro atoms. The smallest absolute Gasteiger partial charge is 0.325 e. The van der Waals surface area contributed by atoms with Gasteiger partial charge in [-0.3, -0.25) is 28.8 Å². The summed E-state index contributed by atoms with van der Waals surface area (Å²) in [6.07, 6.45) is 8.97. The molecular weight excluding hydrogens is 700 g/mol. The summed E-state index contributed by atoms with van der Waals surface area (Å²) in [7, 11) is 1.52. The fourth-order valence-electron chi connectivity index (χ4n) is 6.16. The molecule has 0 radical (unpaired) electrons. The monoisotopic (exact) mass is 771 g/mol. The average Bonchev–Trinajstić information content (AvgIpc) is 3.14. The lowest BCUT2D eigenvalue weighted by Gasteiger charge is -2.34. The van der Waals surface area contributed by atoms with Crippen LogP contribution in [0, 0.1) is 11.8 Å². The standard InChI is InChI=1S/C38H70N6O10/c1-7-9-10-11-12-13-14-15-17-32-27(5)38(51)44(6)31(22-26(3)4)37(50)41-28(16-8-2)35(48)42-29(24-45)36(49)43-30(25-53-21-20-52-19-18-39)34(47)40-23-33(46)54-32/h26-32,45H,7-25,39H2,1-6H3,(H,40,47)(H,41,50)(H,42,48)(H,43,49)/t27-,28+,29+,30+,31+,32-/m1/s1. The van der Waals surface area contributed by atoms with Crippen molar-refractivity contribution in [2.24, 2.45) is 17.6 Å². The molecule has 0 aromatic carbocycles. The summed E-state index contributed by atoms with van der Waals surface area (Å²) in [5, 5.41) is 20.3. The van der Waals surface area contributed by atoms with Crippen LogP contribution in [0.2, 0.25) is 0 Å². The SMILES string of the molecule is CCCCCCCCCC[C@H]1OC(=O)CNC(=O)[C@H](COCCOCCN)NC(=O)[C@H](CO)NC(=O)[C@H](CCC)NC(=O)[C@H](CC(C)C)N(C)C(=O)[C@@H]1C. The molecule has 1 fully saturated rings. The first-order valence-electron chi connectivity index (χ1n) is 19.9. The van der Waals surface area contributed by atoms with Crippen molar-refractivity contribution in [3.8, 4) is 0 Å². The number of ether oxygens (including phenoxy) is 3. The van der Waals surface area contributed by atoms with Crippen LogP contribution >= 0.6 is 0 Å². The second-order valence-electron chi connectivity index (χ2n) is 14.5. The third-order valence-electron chi connectivity index (χ3n) is 9.37. The molecule has 1 heterocycles. The topological polar surface area (TPSA) is 228 Å². The molecule has 0 unspecified atom stereocenters. The van der Waals surface area contributed by atoms with Crippen LogP contribution in [0.5, 0.6) is 0 Å². The highest BCUT2D eigenvalue weighted by Gasteiger charge is 2.37. The number of aliphatic hydroxyl groups excluding tert-OH is 1. The lowest BCUT2D eigenvalue weighted by molar-refractivity contribution is -0.157. The molecule has 312 valence electrons. The molecule has 7 N–H and O–H groups in total. The van der Waals surface area contributed by atoms with E-state index < -0.39 is 84.8 Å². The second kappa shape index (κ2) is 28.1. The molecule has 5 amide bonds. The average molecular weight is 771 g/mol. The number of nitrogens with zero attached hydrogens (tertiary/aromatic N) is 1. The number of nitrogens with one attached hydrogen (secondary N) is 4. The summed E-state index contributed by atoms with van der Waals surface area (Å²) < 4.78 is 16.7. The number of unbranched alkanes of at least 4 members (excludes halogenated alkanes) is 7. The Bertz CT molecular complexity index is 1140. The number of rotatable bonds is 21. The van der Waals surface area contributed by atoms with Crippen molar-refractivity contribution in [2.75, 3.05) is 53.2 Å². The minimum Gasteiger partial charge on any atom is -0.460 e. The van der Waals surface area contributed by atoms with Gasteiger partial charge in [-0.25, -0.2) is 0 Å². The van der Waals surface area contributed by atoms with Crippen LogP contribution in [0.25, 0.3) is 0 Å². The van der Waals surface area contributed by atoms with Crippen molar-refractivity contribution in [3.05, 3.63) is 0 Å². The van der Waals surface area contributed by atoms with Gasteiger partial charge >= 0.3 is 5.97 Å². The molecule has 1 aliphatic rings. The van der Waals surface area contributed by atoms with Crippen LogP contribution in [0.3, 0.4) is 0 Å². The Hall–Kier alpha value is -3.34. The molecular formula is C38H70N6O10. The van der Waals surface area contributed by atoms with Crippen molar-refractivity contribution in [3.63, 3.8) is 0 Å². The van der Waals surface area contributed by atoms with Crippen molar-refractivity contribution in [1.29, 1.82) is 0 Å². The fraction of sp³-hybridized carbons (Fsp3) is 0.842.